The van der Waals surface area contributed by atoms with Gasteiger partial charge >= 0.3 is 0 Å². The van der Waals surface area contributed by atoms with Crippen molar-refractivity contribution >= 4 is 27.6 Å². The summed E-state index contributed by atoms with van der Waals surface area (Å²) >= 11 is 3.32. The highest BCUT2D eigenvalue weighted by atomic mass is 79.9. The van der Waals surface area contributed by atoms with Gasteiger partial charge in [0.05, 0.1) is 0 Å². The van der Waals surface area contributed by atoms with Gasteiger partial charge in [0.25, 0.3) is 0 Å². The summed E-state index contributed by atoms with van der Waals surface area (Å²) in [6.07, 6.45) is 0.490. The molecular formula is C15H20BrNO2. The van der Waals surface area contributed by atoms with Crippen molar-refractivity contribution < 1.29 is 9.59 Å². The fourth-order valence-electron chi connectivity index (χ4n) is 1.50. The molecule has 0 aliphatic heterocycles. The van der Waals surface area contributed by atoms with Crippen LogP contribution in [0.1, 0.15) is 44.0 Å². The third-order valence-corrected chi connectivity index (χ3v) is 3.66. The summed E-state index contributed by atoms with van der Waals surface area (Å²) in [5.41, 5.74) is 0.646. The highest BCUT2D eigenvalue weighted by Gasteiger charge is 2.13. The Hall–Kier alpha value is -1.16. The van der Waals surface area contributed by atoms with E-state index in [0.717, 1.165) is 4.47 Å². The first kappa shape index (κ1) is 15.9. The van der Waals surface area contributed by atoms with Gasteiger partial charge in [0.2, 0.25) is 5.91 Å². The number of amides is 1. The maximum atomic E-state index is 11.9. The molecule has 0 saturated heterocycles. The topological polar surface area (TPSA) is 46.2 Å². The number of rotatable bonds is 6. The molecular weight excluding hydrogens is 306 g/mol. The quantitative estimate of drug-likeness (QED) is 0.812. The van der Waals surface area contributed by atoms with Gasteiger partial charge in [-0.25, -0.2) is 0 Å². The molecule has 1 unspecified atom stereocenters. The van der Waals surface area contributed by atoms with Crippen LogP contribution in [0.4, 0.5) is 0 Å². The molecule has 1 N–H and O–H groups in total. The van der Waals surface area contributed by atoms with Crippen LogP contribution < -0.4 is 5.32 Å². The molecule has 4 heteroatoms. The number of hydrogen-bond acceptors (Lipinski definition) is 2. The smallest absolute Gasteiger partial charge is 0.220 e. The average Bonchev–Trinajstić information content (AvgIpc) is 2.36. The first-order chi connectivity index (χ1) is 8.90. The van der Waals surface area contributed by atoms with Crippen molar-refractivity contribution in [1.82, 2.24) is 5.32 Å². The van der Waals surface area contributed by atoms with Gasteiger partial charge in [0.15, 0.2) is 5.78 Å². The van der Waals surface area contributed by atoms with Crippen molar-refractivity contribution in [3.63, 3.8) is 0 Å². The Bertz CT molecular complexity index is 440. The van der Waals surface area contributed by atoms with E-state index in [0.29, 0.717) is 11.5 Å². The predicted octanol–water partition coefficient (Wildman–Crippen LogP) is 3.57. The van der Waals surface area contributed by atoms with Crippen molar-refractivity contribution in [2.45, 2.75) is 39.7 Å². The van der Waals surface area contributed by atoms with Crippen LogP contribution in [-0.4, -0.2) is 17.7 Å². The van der Waals surface area contributed by atoms with Crippen LogP contribution in [0, 0.1) is 5.92 Å². The number of nitrogens with one attached hydrogen (secondary N) is 1. The lowest BCUT2D eigenvalue weighted by Gasteiger charge is -2.17. The van der Waals surface area contributed by atoms with Gasteiger partial charge in [-0.05, 0) is 25.0 Å². The third-order valence-electron chi connectivity index (χ3n) is 3.13. The highest BCUT2D eigenvalue weighted by Crippen LogP contribution is 2.12. The van der Waals surface area contributed by atoms with E-state index in [1.54, 1.807) is 12.1 Å². The molecule has 19 heavy (non-hydrogen) atoms. The fraction of sp³-hybridized carbons (Fsp3) is 0.467. The van der Waals surface area contributed by atoms with E-state index in [4.69, 9.17) is 0 Å². The maximum absolute atomic E-state index is 11.9. The van der Waals surface area contributed by atoms with Gasteiger partial charge in [0, 0.05) is 28.9 Å². The van der Waals surface area contributed by atoms with Crippen LogP contribution in [0.3, 0.4) is 0 Å². The van der Waals surface area contributed by atoms with Gasteiger partial charge in [-0.15, -0.1) is 0 Å². The normalized spacial score (nSPS) is 12.3. The molecule has 1 aromatic rings. The zero-order valence-electron chi connectivity index (χ0n) is 11.6. The number of hydrogen-bond donors (Lipinski definition) is 1. The monoisotopic (exact) mass is 325 g/mol. The van der Waals surface area contributed by atoms with Crippen LogP contribution in [-0.2, 0) is 4.79 Å². The Balaban J connectivity index is 2.42. The molecule has 0 aromatic heterocycles. The highest BCUT2D eigenvalue weighted by molar-refractivity contribution is 9.10. The Morgan fingerprint density at radius 2 is 1.68 bits per heavy atom. The van der Waals surface area contributed by atoms with E-state index in [9.17, 15) is 9.59 Å². The van der Waals surface area contributed by atoms with Gasteiger partial charge < -0.3 is 5.32 Å². The van der Waals surface area contributed by atoms with E-state index >= 15 is 0 Å². The standard InChI is InChI=1S/C15H20BrNO2/c1-10(2)11(3)17-15(19)9-8-14(18)12-4-6-13(16)7-5-12/h4-7,10-11H,8-9H2,1-3H3,(H,17,19). The minimum absolute atomic E-state index is 0.000139. The van der Waals surface area contributed by atoms with E-state index in [-0.39, 0.29) is 30.6 Å². The first-order valence-electron chi connectivity index (χ1n) is 6.48. The molecule has 0 fully saturated rings. The Morgan fingerprint density at radius 3 is 2.21 bits per heavy atom. The van der Waals surface area contributed by atoms with Gasteiger partial charge in [0.1, 0.15) is 0 Å². The van der Waals surface area contributed by atoms with E-state index in [2.05, 4.69) is 35.1 Å². The number of carbonyl (C=O) groups excluding carboxylic acids is 2. The van der Waals surface area contributed by atoms with Gasteiger partial charge in [-0.1, -0.05) is 41.9 Å². The van der Waals surface area contributed by atoms with Crippen molar-refractivity contribution in [2.75, 3.05) is 0 Å². The summed E-state index contributed by atoms with van der Waals surface area (Å²) in [5, 5.41) is 2.90. The van der Waals surface area contributed by atoms with E-state index in [1.165, 1.54) is 0 Å². The number of ketones is 1. The third kappa shape index (κ3) is 5.55. The average molecular weight is 326 g/mol. The second-order valence-electron chi connectivity index (χ2n) is 5.03. The van der Waals surface area contributed by atoms with Crippen molar-refractivity contribution in [3.05, 3.63) is 34.3 Å². The number of carbonyl (C=O) groups is 2. The molecule has 1 amide bonds. The zero-order chi connectivity index (χ0) is 14.4. The second kappa shape index (κ2) is 7.43. The molecule has 0 aliphatic carbocycles. The lowest BCUT2D eigenvalue weighted by Crippen LogP contribution is -2.36. The van der Waals surface area contributed by atoms with Crippen LogP contribution in [0.5, 0.6) is 0 Å². The minimum Gasteiger partial charge on any atom is -0.353 e. The molecule has 0 spiro atoms. The summed E-state index contributed by atoms with van der Waals surface area (Å²) in [6.45, 7) is 6.08. The number of Topliss-reactive ketones (excluding diaryl/α,β-unsaturated/α-hetero) is 1. The zero-order valence-corrected chi connectivity index (χ0v) is 13.2. The van der Waals surface area contributed by atoms with Crippen LogP contribution in [0.2, 0.25) is 0 Å². The molecule has 104 valence electrons. The Labute approximate surface area is 122 Å². The molecule has 0 saturated carbocycles. The largest absolute Gasteiger partial charge is 0.353 e. The van der Waals surface area contributed by atoms with Crippen molar-refractivity contribution in [2.24, 2.45) is 5.92 Å². The van der Waals surface area contributed by atoms with Gasteiger partial charge in [-0.3, -0.25) is 9.59 Å². The summed E-state index contributed by atoms with van der Waals surface area (Å²) in [5.74, 6) is 0.331. The summed E-state index contributed by atoms with van der Waals surface area (Å²) in [7, 11) is 0. The number of halogens is 1. The number of benzene rings is 1. The van der Waals surface area contributed by atoms with E-state index in [1.807, 2.05) is 19.1 Å². The molecule has 0 aliphatic rings. The van der Waals surface area contributed by atoms with Crippen molar-refractivity contribution in [3.8, 4) is 0 Å². The summed E-state index contributed by atoms with van der Waals surface area (Å²) < 4.78 is 0.938. The maximum Gasteiger partial charge on any atom is 0.220 e. The molecule has 1 atom stereocenters. The van der Waals surface area contributed by atoms with Crippen LogP contribution in [0.25, 0.3) is 0 Å². The lowest BCUT2D eigenvalue weighted by atomic mass is 10.0. The fourth-order valence-corrected chi connectivity index (χ4v) is 1.76. The summed E-state index contributed by atoms with van der Waals surface area (Å²) in [6, 6.07) is 7.32. The molecule has 1 rings (SSSR count). The first-order valence-corrected chi connectivity index (χ1v) is 7.27. The molecule has 0 heterocycles. The summed E-state index contributed by atoms with van der Waals surface area (Å²) in [4.78, 5) is 23.6. The van der Waals surface area contributed by atoms with Crippen LogP contribution in [0.15, 0.2) is 28.7 Å². The predicted molar refractivity (Wildman–Crippen MR) is 80.1 cm³/mol. The Kier molecular flexibility index (Phi) is 6.22. The van der Waals surface area contributed by atoms with E-state index < -0.39 is 0 Å². The second-order valence-corrected chi connectivity index (χ2v) is 5.95. The van der Waals surface area contributed by atoms with Crippen molar-refractivity contribution in [1.29, 1.82) is 0 Å². The Morgan fingerprint density at radius 1 is 1.11 bits per heavy atom. The SMILES string of the molecule is CC(C)C(C)NC(=O)CCC(=O)c1ccc(Br)cc1. The van der Waals surface area contributed by atoms with Gasteiger partial charge in [-0.2, -0.15) is 0 Å². The van der Waals surface area contributed by atoms with Crippen LogP contribution >= 0.6 is 15.9 Å². The molecule has 3 nitrogen and oxygen atoms in total. The molecule has 0 radical (unpaired) electrons. The lowest BCUT2D eigenvalue weighted by molar-refractivity contribution is -0.121. The minimum atomic E-state index is -0.0633. The molecule has 1 aromatic carbocycles. The molecule has 0 bridgehead atoms.